The number of fused-ring (bicyclic) bond motifs is 1. The van der Waals surface area contributed by atoms with Gasteiger partial charge in [0.1, 0.15) is 18.7 Å². The average Bonchev–Trinajstić information content (AvgIpc) is 3.11. The molecule has 0 aliphatic heterocycles. The minimum atomic E-state index is 0.395. The number of oxime groups is 1. The van der Waals surface area contributed by atoms with Gasteiger partial charge in [0.25, 0.3) is 0 Å². The maximum atomic E-state index is 5.54. The highest BCUT2D eigenvalue weighted by molar-refractivity contribution is 7.19. The minimum absolute atomic E-state index is 0.395. The van der Waals surface area contributed by atoms with E-state index in [4.69, 9.17) is 9.57 Å². The highest BCUT2D eigenvalue weighted by Crippen LogP contribution is 2.21. The lowest BCUT2D eigenvalue weighted by Gasteiger charge is -2.05. The van der Waals surface area contributed by atoms with Gasteiger partial charge in [-0.05, 0) is 26.0 Å². The van der Waals surface area contributed by atoms with Gasteiger partial charge >= 0.3 is 0 Å². The van der Waals surface area contributed by atoms with E-state index in [0.717, 1.165) is 27.0 Å². The van der Waals surface area contributed by atoms with E-state index in [9.17, 15) is 0 Å². The number of thiazole rings is 1. The Balaban J connectivity index is 1.54. The lowest BCUT2D eigenvalue weighted by atomic mass is 10.3. The Hall–Kier alpha value is -2.41. The molecule has 0 bridgehead atoms. The van der Waals surface area contributed by atoms with Crippen molar-refractivity contribution in [3.63, 3.8) is 0 Å². The van der Waals surface area contributed by atoms with Crippen molar-refractivity contribution >= 4 is 22.0 Å². The first-order chi connectivity index (χ1) is 10.8. The van der Waals surface area contributed by atoms with Crippen molar-refractivity contribution in [2.45, 2.75) is 13.8 Å². The van der Waals surface area contributed by atoms with Gasteiger partial charge in [-0.3, -0.25) is 0 Å². The van der Waals surface area contributed by atoms with Crippen LogP contribution >= 0.6 is 11.3 Å². The zero-order valence-electron chi connectivity index (χ0n) is 12.4. The van der Waals surface area contributed by atoms with Crippen molar-refractivity contribution in [1.82, 2.24) is 14.6 Å². The van der Waals surface area contributed by atoms with Crippen molar-refractivity contribution < 1.29 is 9.57 Å². The van der Waals surface area contributed by atoms with Crippen LogP contribution in [0.3, 0.4) is 0 Å². The summed E-state index contributed by atoms with van der Waals surface area (Å²) in [5.41, 5.74) is 1.83. The van der Waals surface area contributed by atoms with Gasteiger partial charge in [-0.1, -0.05) is 34.7 Å². The normalized spacial score (nSPS) is 11.8. The second-order valence-corrected chi connectivity index (χ2v) is 5.62. The van der Waals surface area contributed by atoms with Gasteiger partial charge in [-0.2, -0.15) is 5.10 Å². The SMILES string of the molecule is CC(=NOCCOc1ccccc1)c1sc2ncnn2c1C. The summed E-state index contributed by atoms with van der Waals surface area (Å²) in [6.45, 7) is 4.75. The number of para-hydroxylation sites is 1. The van der Waals surface area contributed by atoms with Crippen LogP contribution in [0, 0.1) is 6.92 Å². The molecule has 0 radical (unpaired) electrons. The number of rotatable bonds is 6. The predicted molar refractivity (Wildman–Crippen MR) is 85.7 cm³/mol. The van der Waals surface area contributed by atoms with Crippen LogP contribution in [0.5, 0.6) is 5.75 Å². The molecule has 6 nitrogen and oxygen atoms in total. The van der Waals surface area contributed by atoms with E-state index in [-0.39, 0.29) is 0 Å². The molecule has 0 atom stereocenters. The fourth-order valence-corrected chi connectivity index (χ4v) is 3.00. The first-order valence-corrected chi connectivity index (χ1v) is 7.71. The standard InChI is InChI=1S/C15H16N4O2S/c1-11(14-12(2)19-15(22-14)16-10-17-19)18-21-9-8-20-13-6-4-3-5-7-13/h3-7,10H,8-9H2,1-2H3. The molecule has 0 N–H and O–H groups in total. The Morgan fingerprint density at radius 3 is 2.86 bits per heavy atom. The molecule has 22 heavy (non-hydrogen) atoms. The molecule has 0 unspecified atom stereocenters. The average molecular weight is 316 g/mol. The first kappa shape index (κ1) is 14.5. The summed E-state index contributed by atoms with van der Waals surface area (Å²) in [4.78, 5) is 11.4. The van der Waals surface area contributed by atoms with Gasteiger partial charge in [0.2, 0.25) is 4.96 Å². The van der Waals surface area contributed by atoms with E-state index in [1.54, 1.807) is 22.2 Å². The molecule has 0 amide bonds. The van der Waals surface area contributed by atoms with Gasteiger partial charge < -0.3 is 9.57 Å². The third kappa shape index (κ3) is 3.09. The molecular weight excluding hydrogens is 300 g/mol. The molecule has 3 aromatic rings. The number of ether oxygens (including phenoxy) is 1. The quantitative estimate of drug-likeness (QED) is 0.398. The molecule has 1 aromatic carbocycles. The number of benzene rings is 1. The van der Waals surface area contributed by atoms with E-state index in [1.165, 1.54) is 0 Å². The zero-order valence-corrected chi connectivity index (χ0v) is 13.2. The van der Waals surface area contributed by atoms with E-state index < -0.39 is 0 Å². The van der Waals surface area contributed by atoms with Crippen LogP contribution in [0.1, 0.15) is 17.5 Å². The number of hydrogen-bond donors (Lipinski definition) is 0. The molecule has 114 valence electrons. The molecular formula is C15H16N4O2S. The lowest BCUT2D eigenvalue weighted by Crippen LogP contribution is -2.05. The fraction of sp³-hybridized carbons (Fsp3) is 0.267. The summed E-state index contributed by atoms with van der Waals surface area (Å²) in [5, 5.41) is 8.30. The molecule has 2 aromatic heterocycles. The van der Waals surface area contributed by atoms with Gasteiger partial charge in [0, 0.05) is 0 Å². The molecule has 7 heteroatoms. The number of hydrogen-bond acceptors (Lipinski definition) is 6. The highest BCUT2D eigenvalue weighted by Gasteiger charge is 2.12. The number of aromatic nitrogens is 3. The van der Waals surface area contributed by atoms with Crippen molar-refractivity contribution in [2.75, 3.05) is 13.2 Å². The van der Waals surface area contributed by atoms with Crippen LogP contribution in [0.25, 0.3) is 4.96 Å². The summed E-state index contributed by atoms with van der Waals surface area (Å²) in [6, 6.07) is 9.63. The van der Waals surface area contributed by atoms with Gasteiger partial charge in [-0.25, -0.2) is 9.50 Å². The largest absolute Gasteiger partial charge is 0.490 e. The lowest BCUT2D eigenvalue weighted by molar-refractivity contribution is 0.107. The molecule has 0 aliphatic carbocycles. The van der Waals surface area contributed by atoms with E-state index in [0.29, 0.717) is 13.2 Å². The van der Waals surface area contributed by atoms with Crippen LogP contribution in [0.15, 0.2) is 41.8 Å². The third-order valence-electron chi connectivity index (χ3n) is 3.07. The topological polar surface area (TPSA) is 61.0 Å². The molecule has 0 aliphatic rings. The van der Waals surface area contributed by atoms with Gasteiger partial charge in [0.05, 0.1) is 16.3 Å². The van der Waals surface area contributed by atoms with Crippen molar-refractivity contribution in [3.8, 4) is 5.75 Å². The molecule has 0 spiro atoms. The van der Waals surface area contributed by atoms with Crippen LogP contribution in [-0.2, 0) is 4.84 Å². The van der Waals surface area contributed by atoms with Crippen LogP contribution in [-0.4, -0.2) is 33.5 Å². The van der Waals surface area contributed by atoms with Crippen LogP contribution < -0.4 is 4.74 Å². The minimum Gasteiger partial charge on any atom is -0.490 e. The number of nitrogens with zero attached hydrogens (tertiary/aromatic N) is 4. The Bertz CT molecular complexity index is 779. The number of aryl methyl sites for hydroxylation is 1. The maximum Gasteiger partial charge on any atom is 0.212 e. The first-order valence-electron chi connectivity index (χ1n) is 6.89. The van der Waals surface area contributed by atoms with Gasteiger partial charge in [-0.15, -0.1) is 0 Å². The maximum absolute atomic E-state index is 5.54. The summed E-state index contributed by atoms with van der Waals surface area (Å²) in [6.07, 6.45) is 1.55. The van der Waals surface area contributed by atoms with E-state index >= 15 is 0 Å². The molecule has 0 fully saturated rings. The Morgan fingerprint density at radius 1 is 1.27 bits per heavy atom. The summed E-state index contributed by atoms with van der Waals surface area (Å²) >= 11 is 1.55. The Morgan fingerprint density at radius 2 is 2.09 bits per heavy atom. The second kappa shape index (κ2) is 6.57. The Labute approximate surface area is 132 Å². The highest BCUT2D eigenvalue weighted by atomic mass is 32.1. The van der Waals surface area contributed by atoms with Crippen LogP contribution in [0.4, 0.5) is 0 Å². The predicted octanol–water partition coefficient (Wildman–Crippen LogP) is 2.92. The van der Waals surface area contributed by atoms with Crippen molar-refractivity contribution in [1.29, 1.82) is 0 Å². The van der Waals surface area contributed by atoms with Gasteiger partial charge in [0.15, 0.2) is 6.61 Å². The Kier molecular flexibility index (Phi) is 4.34. The summed E-state index contributed by atoms with van der Waals surface area (Å²) < 4.78 is 7.34. The van der Waals surface area contributed by atoms with E-state index in [1.807, 2.05) is 44.2 Å². The monoisotopic (exact) mass is 316 g/mol. The summed E-state index contributed by atoms with van der Waals surface area (Å²) in [7, 11) is 0. The molecule has 0 saturated heterocycles. The van der Waals surface area contributed by atoms with Crippen LogP contribution in [0.2, 0.25) is 0 Å². The van der Waals surface area contributed by atoms with Crippen molar-refractivity contribution in [2.24, 2.45) is 5.16 Å². The smallest absolute Gasteiger partial charge is 0.212 e. The van der Waals surface area contributed by atoms with E-state index in [2.05, 4.69) is 15.2 Å². The van der Waals surface area contributed by atoms with Crippen molar-refractivity contribution in [3.05, 3.63) is 47.2 Å². The zero-order chi connectivity index (χ0) is 15.4. The molecule has 3 rings (SSSR count). The second-order valence-electron chi connectivity index (χ2n) is 4.64. The molecule has 0 saturated carbocycles. The molecule has 2 heterocycles. The summed E-state index contributed by atoms with van der Waals surface area (Å²) in [5.74, 6) is 0.827. The fourth-order valence-electron chi connectivity index (χ4n) is 2.02. The third-order valence-corrected chi connectivity index (χ3v) is 4.33.